The summed E-state index contributed by atoms with van der Waals surface area (Å²) in [4.78, 5) is 0. The van der Waals surface area contributed by atoms with Crippen LogP contribution in [0.4, 0.5) is 0 Å². The van der Waals surface area contributed by atoms with Crippen LogP contribution in [0.3, 0.4) is 0 Å². The first kappa shape index (κ1) is 10.9. The van der Waals surface area contributed by atoms with E-state index in [1.54, 1.807) is 7.11 Å². The molecule has 0 bridgehead atoms. The Hall–Kier alpha value is -2.22. The first-order chi connectivity index (χ1) is 8.86. The van der Waals surface area contributed by atoms with Crippen LogP contribution in [0.5, 0.6) is 11.5 Å². The minimum absolute atomic E-state index is 0.00732. The van der Waals surface area contributed by atoms with Crippen LogP contribution in [0.25, 0.3) is 6.08 Å². The second-order valence-corrected chi connectivity index (χ2v) is 4.21. The molecular weight excluding hydrogens is 224 g/mol. The maximum absolute atomic E-state index is 5.98. The van der Waals surface area contributed by atoms with E-state index in [1.165, 1.54) is 0 Å². The molecule has 2 heteroatoms. The molecule has 0 fully saturated rings. The Morgan fingerprint density at radius 1 is 1.06 bits per heavy atom. The molecule has 0 amide bonds. The first-order valence-corrected chi connectivity index (χ1v) is 5.94. The van der Waals surface area contributed by atoms with Gasteiger partial charge in [0.2, 0.25) is 0 Å². The Bertz CT molecular complexity index is 573. The fourth-order valence-corrected chi connectivity index (χ4v) is 2.08. The zero-order chi connectivity index (χ0) is 12.4. The molecular formula is C16H14O2. The van der Waals surface area contributed by atoms with Gasteiger partial charge in [-0.05, 0) is 29.8 Å². The summed E-state index contributed by atoms with van der Waals surface area (Å²) in [6.07, 6.45) is 4.14. The minimum atomic E-state index is -0.00732. The Morgan fingerprint density at radius 2 is 1.89 bits per heavy atom. The van der Waals surface area contributed by atoms with E-state index in [0.29, 0.717) is 0 Å². The molecule has 0 saturated carbocycles. The van der Waals surface area contributed by atoms with E-state index in [1.807, 2.05) is 36.4 Å². The van der Waals surface area contributed by atoms with Gasteiger partial charge in [0.25, 0.3) is 0 Å². The molecule has 2 aromatic carbocycles. The number of ether oxygens (including phenoxy) is 2. The van der Waals surface area contributed by atoms with Gasteiger partial charge in [0, 0.05) is 5.56 Å². The lowest BCUT2D eigenvalue weighted by molar-refractivity contribution is 0.251. The van der Waals surface area contributed by atoms with Crippen molar-refractivity contribution in [2.75, 3.05) is 7.11 Å². The van der Waals surface area contributed by atoms with Crippen LogP contribution < -0.4 is 9.47 Å². The van der Waals surface area contributed by atoms with Crippen LogP contribution >= 0.6 is 0 Å². The van der Waals surface area contributed by atoms with E-state index < -0.39 is 0 Å². The molecule has 0 aliphatic carbocycles. The third-order valence-electron chi connectivity index (χ3n) is 3.05. The maximum Gasteiger partial charge on any atom is 0.142 e. The van der Waals surface area contributed by atoms with Crippen molar-refractivity contribution in [2.45, 2.75) is 6.10 Å². The highest BCUT2D eigenvalue weighted by Crippen LogP contribution is 2.34. The molecule has 2 aromatic rings. The van der Waals surface area contributed by atoms with Crippen LogP contribution in [0, 0.1) is 0 Å². The van der Waals surface area contributed by atoms with Gasteiger partial charge in [0.05, 0.1) is 7.11 Å². The highest BCUT2D eigenvalue weighted by Gasteiger charge is 2.16. The van der Waals surface area contributed by atoms with Crippen molar-refractivity contribution in [2.24, 2.45) is 0 Å². The van der Waals surface area contributed by atoms with Gasteiger partial charge in [0.15, 0.2) is 0 Å². The van der Waals surface area contributed by atoms with E-state index in [2.05, 4.69) is 24.3 Å². The van der Waals surface area contributed by atoms with Gasteiger partial charge in [-0.1, -0.05) is 36.4 Å². The van der Waals surface area contributed by atoms with E-state index in [9.17, 15) is 0 Å². The highest BCUT2D eigenvalue weighted by atomic mass is 16.5. The van der Waals surface area contributed by atoms with Crippen LogP contribution in [0.15, 0.2) is 54.6 Å². The predicted octanol–water partition coefficient (Wildman–Crippen LogP) is 3.84. The SMILES string of the molecule is COc1ccc2c(c1)C=CC(c1ccccc1)O2. The van der Waals surface area contributed by atoms with Crippen LogP contribution in [-0.2, 0) is 0 Å². The highest BCUT2D eigenvalue weighted by molar-refractivity contribution is 5.62. The summed E-state index contributed by atoms with van der Waals surface area (Å²) in [5.74, 6) is 1.74. The van der Waals surface area contributed by atoms with Crippen LogP contribution in [0.1, 0.15) is 17.2 Å². The zero-order valence-corrected chi connectivity index (χ0v) is 10.2. The molecule has 1 heterocycles. The number of hydrogen-bond acceptors (Lipinski definition) is 2. The van der Waals surface area contributed by atoms with Gasteiger partial charge in [-0.2, -0.15) is 0 Å². The molecule has 2 nitrogen and oxygen atoms in total. The first-order valence-electron chi connectivity index (χ1n) is 5.94. The summed E-state index contributed by atoms with van der Waals surface area (Å²) in [5.41, 5.74) is 2.22. The van der Waals surface area contributed by atoms with Crippen molar-refractivity contribution >= 4 is 6.08 Å². The summed E-state index contributed by atoms with van der Waals surface area (Å²) in [7, 11) is 1.67. The smallest absolute Gasteiger partial charge is 0.142 e. The Balaban J connectivity index is 1.91. The number of methoxy groups -OCH3 is 1. The molecule has 1 unspecified atom stereocenters. The monoisotopic (exact) mass is 238 g/mol. The Kier molecular flexibility index (Phi) is 2.77. The third kappa shape index (κ3) is 1.97. The van der Waals surface area contributed by atoms with Crippen LogP contribution in [-0.4, -0.2) is 7.11 Å². The van der Waals surface area contributed by atoms with Gasteiger partial charge in [-0.25, -0.2) is 0 Å². The molecule has 1 atom stereocenters. The molecule has 0 N–H and O–H groups in total. The molecule has 3 rings (SSSR count). The molecule has 1 aliphatic rings. The van der Waals surface area contributed by atoms with Crippen molar-refractivity contribution in [3.05, 3.63) is 65.7 Å². The lowest BCUT2D eigenvalue weighted by atomic mass is 10.0. The predicted molar refractivity (Wildman–Crippen MR) is 71.8 cm³/mol. The Morgan fingerprint density at radius 3 is 2.67 bits per heavy atom. The average molecular weight is 238 g/mol. The lowest BCUT2D eigenvalue weighted by Crippen LogP contribution is -2.08. The standard InChI is InChI=1S/C16H14O2/c1-17-14-8-10-16-13(11-14)7-9-15(18-16)12-5-3-2-4-6-12/h2-11,15H,1H3. The fraction of sp³-hybridized carbons (Fsp3) is 0.125. The molecule has 0 aromatic heterocycles. The van der Waals surface area contributed by atoms with Crippen molar-refractivity contribution in [3.63, 3.8) is 0 Å². The second-order valence-electron chi connectivity index (χ2n) is 4.21. The van der Waals surface area contributed by atoms with Crippen LogP contribution in [0.2, 0.25) is 0 Å². The third-order valence-corrected chi connectivity index (χ3v) is 3.05. The summed E-state index contributed by atoms with van der Waals surface area (Å²) in [6.45, 7) is 0. The fourth-order valence-electron chi connectivity index (χ4n) is 2.08. The van der Waals surface area contributed by atoms with E-state index in [-0.39, 0.29) is 6.10 Å². The zero-order valence-electron chi connectivity index (χ0n) is 10.2. The average Bonchev–Trinajstić information content (AvgIpc) is 2.47. The normalized spacial score (nSPS) is 16.8. The van der Waals surface area contributed by atoms with Gasteiger partial charge in [0.1, 0.15) is 17.6 Å². The largest absolute Gasteiger partial charge is 0.497 e. The van der Waals surface area contributed by atoms with Crippen molar-refractivity contribution in [3.8, 4) is 11.5 Å². The summed E-state index contributed by atoms with van der Waals surface area (Å²) in [5, 5.41) is 0. The summed E-state index contributed by atoms with van der Waals surface area (Å²) in [6, 6.07) is 16.1. The van der Waals surface area contributed by atoms with E-state index >= 15 is 0 Å². The maximum atomic E-state index is 5.98. The molecule has 0 spiro atoms. The number of hydrogen-bond donors (Lipinski definition) is 0. The van der Waals surface area contributed by atoms with Crippen molar-refractivity contribution < 1.29 is 9.47 Å². The summed E-state index contributed by atoms with van der Waals surface area (Å²) >= 11 is 0. The van der Waals surface area contributed by atoms with E-state index in [4.69, 9.17) is 9.47 Å². The Labute approximate surface area is 106 Å². The summed E-state index contributed by atoms with van der Waals surface area (Å²) < 4.78 is 11.2. The molecule has 1 aliphatic heterocycles. The van der Waals surface area contributed by atoms with Gasteiger partial charge in [-0.3, -0.25) is 0 Å². The molecule has 0 saturated heterocycles. The minimum Gasteiger partial charge on any atom is -0.497 e. The quantitative estimate of drug-likeness (QED) is 0.791. The van der Waals surface area contributed by atoms with Crippen molar-refractivity contribution in [1.82, 2.24) is 0 Å². The molecule has 18 heavy (non-hydrogen) atoms. The van der Waals surface area contributed by atoms with Gasteiger partial charge >= 0.3 is 0 Å². The van der Waals surface area contributed by atoms with Gasteiger partial charge < -0.3 is 9.47 Å². The number of rotatable bonds is 2. The molecule has 90 valence electrons. The second kappa shape index (κ2) is 4.57. The number of fused-ring (bicyclic) bond motifs is 1. The van der Waals surface area contributed by atoms with E-state index in [0.717, 1.165) is 22.6 Å². The lowest BCUT2D eigenvalue weighted by Gasteiger charge is -2.22. The number of benzene rings is 2. The molecule has 0 radical (unpaired) electrons. The topological polar surface area (TPSA) is 18.5 Å². The van der Waals surface area contributed by atoms with Crippen molar-refractivity contribution in [1.29, 1.82) is 0 Å². The van der Waals surface area contributed by atoms with Gasteiger partial charge in [-0.15, -0.1) is 0 Å².